The first kappa shape index (κ1) is 24.1. The van der Waals surface area contributed by atoms with E-state index >= 15 is 0 Å². The average molecular weight is 527 g/mol. The van der Waals surface area contributed by atoms with Gasteiger partial charge in [-0.3, -0.25) is 4.90 Å². The molecule has 1 spiro atoms. The molecule has 0 saturated carbocycles. The molecular weight excluding hydrogens is 491 g/mol. The molecule has 1 aromatic carbocycles. The number of rotatable bonds is 4. The zero-order valence-corrected chi connectivity index (χ0v) is 22.2. The monoisotopic (exact) mass is 526 g/mol. The number of ether oxygens (including phenoxy) is 2. The summed E-state index contributed by atoms with van der Waals surface area (Å²) in [5.41, 5.74) is 3.91. The highest BCUT2D eigenvalue weighted by molar-refractivity contribution is 6.31. The van der Waals surface area contributed by atoms with Crippen LogP contribution in [0.2, 0.25) is 5.02 Å². The lowest BCUT2D eigenvalue weighted by atomic mass is 9.87. The molecule has 0 N–H and O–H groups in total. The second kappa shape index (κ2) is 9.35. The summed E-state index contributed by atoms with van der Waals surface area (Å²) < 4.78 is 27.4. The largest absolute Gasteiger partial charge is 0.461 e. The lowest BCUT2D eigenvalue weighted by Gasteiger charge is -2.37. The number of hydrogen-bond acceptors (Lipinski definition) is 6. The quantitative estimate of drug-likeness (QED) is 0.533. The molecule has 1 aromatic heterocycles. The van der Waals surface area contributed by atoms with Gasteiger partial charge in [-0.25, -0.2) is 4.39 Å². The Morgan fingerprint density at radius 2 is 1.92 bits per heavy atom. The van der Waals surface area contributed by atoms with E-state index in [1.807, 2.05) is 12.1 Å². The van der Waals surface area contributed by atoms with Gasteiger partial charge in [-0.1, -0.05) is 36.6 Å². The molecule has 1 unspecified atom stereocenters. The summed E-state index contributed by atoms with van der Waals surface area (Å²) in [6.07, 6.45) is 9.22. The van der Waals surface area contributed by atoms with Crippen molar-refractivity contribution in [2.45, 2.75) is 88.1 Å². The van der Waals surface area contributed by atoms with Crippen molar-refractivity contribution in [2.75, 3.05) is 37.7 Å². The zero-order chi connectivity index (χ0) is 25.0. The van der Waals surface area contributed by atoms with Gasteiger partial charge in [-0.05, 0) is 62.3 Å². The van der Waals surface area contributed by atoms with E-state index in [2.05, 4.69) is 15.9 Å². The summed E-state index contributed by atoms with van der Waals surface area (Å²) in [5, 5.41) is 0.823. The summed E-state index contributed by atoms with van der Waals surface area (Å²) in [5.74, 6) is 0.969. The summed E-state index contributed by atoms with van der Waals surface area (Å²) in [4.78, 5) is 14.7. The molecule has 1 aliphatic carbocycles. The molecule has 2 aromatic rings. The third-order valence-corrected chi connectivity index (χ3v) is 9.88. The van der Waals surface area contributed by atoms with Crippen molar-refractivity contribution in [2.24, 2.45) is 0 Å². The molecule has 0 radical (unpaired) electrons. The lowest BCUT2D eigenvalue weighted by molar-refractivity contribution is -0.0730. The maximum Gasteiger partial charge on any atom is 0.318 e. The van der Waals surface area contributed by atoms with Crippen molar-refractivity contribution in [1.82, 2.24) is 14.9 Å². The van der Waals surface area contributed by atoms with Gasteiger partial charge in [-0.2, -0.15) is 9.97 Å². The molecule has 6 nitrogen and oxygen atoms in total. The first-order chi connectivity index (χ1) is 18.1. The van der Waals surface area contributed by atoms with Crippen LogP contribution in [-0.4, -0.2) is 59.4 Å². The van der Waals surface area contributed by atoms with Gasteiger partial charge in [0.25, 0.3) is 0 Å². The lowest BCUT2D eigenvalue weighted by Crippen LogP contribution is -2.43. The minimum atomic E-state index is -0.771. The predicted molar refractivity (Wildman–Crippen MR) is 141 cm³/mol. The summed E-state index contributed by atoms with van der Waals surface area (Å²) in [6, 6.07) is 6.59. The summed E-state index contributed by atoms with van der Waals surface area (Å²) in [7, 11) is 0. The Hall–Kier alpha value is -1.96. The summed E-state index contributed by atoms with van der Waals surface area (Å²) in [6.45, 7) is 4.41. The highest BCUT2D eigenvalue weighted by Gasteiger charge is 2.50. The van der Waals surface area contributed by atoms with Crippen LogP contribution >= 0.6 is 11.6 Å². The van der Waals surface area contributed by atoms with Crippen molar-refractivity contribution < 1.29 is 13.9 Å². The fraction of sp³-hybridized carbons (Fsp3) is 0.655. The van der Waals surface area contributed by atoms with Crippen molar-refractivity contribution >= 4 is 17.4 Å². The smallest absolute Gasteiger partial charge is 0.318 e. The molecule has 5 aliphatic rings. The Morgan fingerprint density at radius 3 is 2.78 bits per heavy atom. The van der Waals surface area contributed by atoms with Gasteiger partial charge in [-0.15, -0.1) is 0 Å². The highest BCUT2D eigenvalue weighted by Crippen LogP contribution is 2.49. The number of alkyl halides is 1. The van der Waals surface area contributed by atoms with Crippen molar-refractivity contribution in [3.05, 3.63) is 45.6 Å². The van der Waals surface area contributed by atoms with Crippen LogP contribution in [0.1, 0.15) is 73.8 Å². The van der Waals surface area contributed by atoms with E-state index < -0.39 is 11.8 Å². The third kappa shape index (κ3) is 4.12. The van der Waals surface area contributed by atoms with E-state index in [-0.39, 0.29) is 5.54 Å². The maximum absolute atomic E-state index is 14.3. The van der Waals surface area contributed by atoms with E-state index in [1.54, 1.807) is 0 Å². The first-order valence-corrected chi connectivity index (χ1v) is 14.5. The third-order valence-electron chi connectivity index (χ3n) is 9.52. The molecule has 37 heavy (non-hydrogen) atoms. The molecule has 7 rings (SSSR count). The molecular formula is C29H36ClFN4O2. The molecule has 0 amide bonds. The minimum Gasteiger partial charge on any atom is -0.461 e. The zero-order valence-electron chi connectivity index (χ0n) is 21.5. The average Bonchev–Trinajstić information content (AvgIpc) is 3.44. The van der Waals surface area contributed by atoms with Crippen LogP contribution in [0.4, 0.5) is 10.2 Å². The van der Waals surface area contributed by atoms with Gasteiger partial charge in [0.05, 0.1) is 23.4 Å². The standard InChI is InChI=1S/C29H36ClFN4O2/c30-24-8-5-7-23-21(24)9-11-29(23)16-25-22(18-37-29)26(34-12-3-1-2-4-13-34)33-27(32-25)36-19-28-10-6-14-35(28)17-20(31)15-28/h5,7-8,20H,1-4,6,9-19H2/t20-,28+,29?/m1/s1. The molecule has 8 heteroatoms. The fourth-order valence-electron chi connectivity index (χ4n) is 7.61. The number of anilines is 1. The van der Waals surface area contributed by atoms with Gasteiger partial charge in [0.1, 0.15) is 18.6 Å². The minimum absolute atomic E-state index is 0.215. The van der Waals surface area contributed by atoms with E-state index in [0.717, 1.165) is 67.4 Å². The molecule has 0 bridgehead atoms. The number of aromatic nitrogens is 2. The van der Waals surface area contributed by atoms with Gasteiger partial charge in [0.2, 0.25) is 0 Å². The molecule has 5 heterocycles. The number of fused-ring (bicyclic) bond motifs is 4. The second-order valence-electron chi connectivity index (χ2n) is 11.7. The topological polar surface area (TPSA) is 50.7 Å². The number of halogens is 2. The van der Waals surface area contributed by atoms with Crippen LogP contribution in [0.5, 0.6) is 6.01 Å². The van der Waals surface area contributed by atoms with Gasteiger partial charge in [0.15, 0.2) is 0 Å². The van der Waals surface area contributed by atoms with Gasteiger partial charge < -0.3 is 14.4 Å². The van der Waals surface area contributed by atoms with Gasteiger partial charge >= 0.3 is 6.01 Å². The maximum atomic E-state index is 14.3. The Balaban J connectivity index is 1.23. The van der Waals surface area contributed by atoms with Crippen LogP contribution in [0.25, 0.3) is 0 Å². The van der Waals surface area contributed by atoms with E-state index in [1.165, 1.54) is 36.8 Å². The highest BCUT2D eigenvalue weighted by atomic mass is 35.5. The summed E-state index contributed by atoms with van der Waals surface area (Å²) >= 11 is 6.56. The van der Waals surface area contributed by atoms with E-state index in [9.17, 15) is 4.39 Å². The van der Waals surface area contributed by atoms with Gasteiger partial charge in [0, 0.05) is 43.1 Å². The second-order valence-corrected chi connectivity index (χ2v) is 12.2. The van der Waals surface area contributed by atoms with E-state index in [4.69, 9.17) is 31.0 Å². The normalized spacial score (nSPS) is 31.3. The first-order valence-electron chi connectivity index (χ1n) is 14.1. The van der Waals surface area contributed by atoms with Crippen LogP contribution in [0.3, 0.4) is 0 Å². The number of hydrogen-bond donors (Lipinski definition) is 0. The molecule has 3 atom stereocenters. The Kier molecular flexibility index (Phi) is 6.09. The Bertz CT molecular complexity index is 1190. The van der Waals surface area contributed by atoms with Crippen LogP contribution in [0.15, 0.2) is 18.2 Å². The number of nitrogens with zero attached hydrogens (tertiary/aromatic N) is 4. The molecule has 4 aliphatic heterocycles. The fourth-order valence-corrected chi connectivity index (χ4v) is 7.88. The van der Waals surface area contributed by atoms with Crippen LogP contribution in [0, 0.1) is 0 Å². The molecule has 3 fully saturated rings. The van der Waals surface area contributed by atoms with Crippen molar-refractivity contribution in [1.29, 1.82) is 0 Å². The van der Waals surface area contributed by atoms with Crippen LogP contribution in [-0.2, 0) is 29.8 Å². The Labute approximate surface area is 223 Å². The molecule has 3 saturated heterocycles. The Morgan fingerprint density at radius 1 is 1.05 bits per heavy atom. The van der Waals surface area contributed by atoms with Crippen molar-refractivity contribution in [3.63, 3.8) is 0 Å². The SMILES string of the molecule is F[C@H]1CN2CCC[C@@]2(COc2nc3c(c(N4CCCCCC4)n2)COC2(CCc4c(Cl)cccc42)C3)C1. The molecule has 198 valence electrons. The van der Waals surface area contributed by atoms with Crippen molar-refractivity contribution in [3.8, 4) is 6.01 Å². The van der Waals surface area contributed by atoms with Crippen LogP contribution < -0.4 is 9.64 Å². The van der Waals surface area contributed by atoms with E-state index in [0.29, 0.717) is 38.6 Å². The number of benzene rings is 1. The predicted octanol–water partition coefficient (Wildman–Crippen LogP) is 5.38.